The fourth-order valence-electron chi connectivity index (χ4n) is 2.95. The van der Waals surface area contributed by atoms with Gasteiger partial charge in [-0.15, -0.1) is 0 Å². The lowest BCUT2D eigenvalue weighted by Crippen LogP contribution is -2.18. The van der Waals surface area contributed by atoms with Crippen LogP contribution in [0.3, 0.4) is 0 Å². The molecule has 3 rings (SSSR count). The van der Waals surface area contributed by atoms with E-state index in [1.54, 1.807) is 48.5 Å². The Hall–Kier alpha value is -4.33. The third kappa shape index (κ3) is 5.23. The van der Waals surface area contributed by atoms with Gasteiger partial charge >= 0.3 is 0 Å². The molecule has 0 saturated carbocycles. The van der Waals surface area contributed by atoms with E-state index in [0.29, 0.717) is 22.4 Å². The molecule has 0 aromatic heterocycles. The van der Waals surface area contributed by atoms with Crippen molar-refractivity contribution >= 4 is 23.7 Å². The number of nitrogens with zero attached hydrogens (tertiary/aromatic N) is 1. The summed E-state index contributed by atoms with van der Waals surface area (Å²) < 4.78 is 10.2. The van der Waals surface area contributed by atoms with Crippen LogP contribution in [0.15, 0.2) is 65.8 Å². The Labute approximate surface area is 185 Å². The first-order valence-corrected chi connectivity index (χ1v) is 9.68. The molecule has 0 heterocycles. The van der Waals surface area contributed by atoms with Crippen molar-refractivity contribution < 1.29 is 24.2 Å². The summed E-state index contributed by atoms with van der Waals surface area (Å²) in [5, 5.41) is 16.7. The van der Waals surface area contributed by atoms with Crippen molar-refractivity contribution in [2.24, 2.45) is 5.10 Å². The number of aromatic hydroxyl groups is 1. The first kappa shape index (κ1) is 22.4. The first-order chi connectivity index (χ1) is 15.4. The smallest absolute Gasteiger partial charge is 0.271 e. The number of benzene rings is 3. The summed E-state index contributed by atoms with van der Waals surface area (Å²) in [6.07, 6.45) is 1.40. The van der Waals surface area contributed by atoms with Gasteiger partial charge in [0.05, 0.1) is 20.4 Å². The number of carbonyl (C=O) groups excluding carboxylic acids is 2. The van der Waals surface area contributed by atoms with Crippen LogP contribution in [0.2, 0.25) is 0 Å². The number of hydrogen-bond donors (Lipinski definition) is 3. The summed E-state index contributed by atoms with van der Waals surface area (Å²) in [6, 6.07) is 16.9. The van der Waals surface area contributed by atoms with Crippen molar-refractivity contribution in [2.45, 2.75) is 6.92 Å². The van der Waals surface area contributed by atoms with Crippen LogP contribution in [0.1, 0.15) is 31.8 Å². The van der Waals surface area contributed by atoms with E-state index in [4.69, 9.17) is 9.47 Å². The van der Waals surface area contributed by atoms with Gasteiger partial charge in [0.2, 0.25) is 5.75 Å². The van der Waals surface area contributed by atoms with Crippen LogP contribution >= 0.6 is 0 Å². The molecule has 0 radical (unpaired) electrons. The molecule has 8 heteroatoms. The minimum absolute atomic E-state index is 0.120. The molecule has 0 aliphatic carbocycles. The highest BCUT2D eigenvalue weighted by atomic mass is 16.5. The second-order valence-corrected chi connectivity index (χ2v) is 6.82. The van der Waals surface area contributed by atoms with Crippen molar-refractivity contribution in [3.63, 3.8) is 0 Å². The zero-order chi connectivity index (χ0) is 23.1. The predicted molar refractivity (Wildman–Crippen MR) is 122 cm³/mol. The molecular formula is C24H23N3O5. The predicted octanol–water partition coefficient (Wildman–Crippen LogP) is 3.73. The Kier molecular flexibility index (Phi) is 7.07. The molecular weight excluding hydrogens is 410 g/mol. The van der Waals surface area contributed by atoms with Crippen molar-refractivity contribution in [2.75, 3.05) is 19.5 Å². The number of anilines is 1. The summed E-state index contributed by atoms with van der Waals surface area (Å²) in [6.45, 7) is 1.87. The summed E-state index contributed by atoms with van der Waals surface area (Å²) in [5.74, 6) is -0.313. The number of hydrazone groups is 1. The summed E-state index contributed by atoms with van der Waals surface area (Å²) >= 11 is 0. The number of ether oxygens (including phenoxy) is 2. The highest BCUT2D eigenvalue weighted by Gasteiger charge is 2.11. The average Bonchev–Trinajstić information content (AvgIpc) is 2.80. The summed E-state index contributed by atoms with van der Waals surface area (Å²) in [7, 11) is 2.84. The minimum atomic E-state index is -0.421. The molecule has 0 spiro atoms. The number of hydrogen-bond acceptors (Lipinski definition) is 6. The lowest BCUT2D eigenvalue weighted by Gasteiger charge is -2.09. The van der Waals surface area contributed by atoms with Gasteiger partial charge in [0, 0.05) is 22.4 Å². The van der Waals surface area contributed by atoms with Crippen LogP contribution in [0.4, 0.5) is 5.69 Å². The second-order valence-electron chi connectivity index (χ2n) is 6.82. The number of phenols is 1. The molecule has 32 heavy (non-hydrogen) atoms. The first-order valence-electron chi connectivity index (χ1n) is 9.68. The quantitative estimate of drug-likeness (QED) is 0.389. The molecule has 0 bridgehead atoms. The topological polar surface area (TPSA) is 109 Å². The number of aryl methyl sites for hydroxylation is 1. The monoisotopic (exact) mass is 433 g/mol. The van der Waals surface area contributed by atoms with Crippen LogP contribution in [0, 0.1) is 6.92 Å². The van der Waals surface area contributed by atoms with E-state index in [1.807, 2.05) is 19.1 Å². The molecule has 3 aromatic carbocycles. The van der Waals surface area contributed by atoms with Gasteiger partial charge in [-0.05, 0) is 55.0 Å². The van der Waals surface area contributed by atoms with Crippen LogP contribution in [-0.4, -0.2) is 37.4 Å². The standard InChI is InChI=1S/C24H23N3O5/c1-15-6-4-5-7-19(15)24(30)26-18-10-8-17(9-11-18)23(29)27-25-14-16-12-20(31-2)22(28)21(13-16)32-3/h4-14,28H,1-3H3,(H,26,30)(H,27,29)/b25-14+. The van der Waals surface area contributed by atoms with Gasteiger partial charge in [0.25, 0.3) is 11.8 Å². The number of methoxy groups -OCH3 is 2. The van der Waals surface area contributed by atoms with E-state index in [9.17, 15) is 14.7 Å². The Morgan fingerprint density at radius 1 is 0.938 bits per heavy atom. The minimum Gasteiger partial charge on any atom is -0.502 e. The second kappa shape index (κ2) is 10.1. The molecule has 3 N–H and O–H groups in total. The Bertz CT molecular complexity index is 1130. The van der Waals surface area contributed by atoms with Gasteiger partial charge in [-0.25, -0.2) is 5.43 Å². The molecule has 0 aliphatic rings. The molecule has 0 aliphatic heterocycles. The number of phenolic OH excluding ortho intramolecular Hbond substituents is 1. The largest absolute Gasteiger partial charge is 0.502 e. The molecule has 0 atom stereocenters. The Morgan fingerprint density at radius 2 is 1.56 bits per heavy atom. The van der Waals surface area contributed by atoms with E-state index in [0.717, 1.165) is 5.56 Å². The highest BCUT2D eigenvalue weighted by molar-refractivity contribution is 6.05. The average molecular weight is 433 g/mol. The van der Waals surface area contributed by atoms with Crippen LogP contribution in [0.25, 0.3) is 0 Å². The van der Waals surface area contributed by atoms with Gasteiger partial charge in [0.15, 0.2) is 11.5 Å². The van der Waals surface area contributed by atoms with Gasteiger partial charge in [-0.2, -0.15) is 5.10 Å². The Morgan fingerprint density at radius 3 is 2.16 bits per heavy atom. The molecule has 8 nitrogen and oxygen atoms in total. The number of nitrogens with one attached hydrogen (secondary N) is 2. The molecule has 2 amide bonds. The summed E-state index contributed by atoms with van der Waals surface area (Å²) in [4.78, 5) is 24.7. The maximum Gasteiger partial charge on any atom is 0.271 e. The van der Waals surface area contributed by atoms with E-state index in [-0.39, 0.29) is 23.2 Å². The Balaban J connectivity index is 1.63. The van der Waals surface area contributed by atoms with E-state index in [1.165, 1.54) is 20.4 Å². The van der Waals surface area contributed by atoms with Crippen molar-refractivity contribution in [1.82, 2.24) is 5.43 Å². The molecule has 0 saturated heterocycles. The number of amides is 2. The SMILES string of the molecule is COc1cc(/C=N/NC(=O)c2ccc(NC(=O)c3ccccc3C)cc2)cc(OC)c1O. The highest BCUT2D eigenvalue weighted by Crippen LogP contribution is 2.36. The third-order valence-electron chi connectivity index (χ3n) is 4.68. The van der Waals surface area contributed by atoms with Crippen molar-refractivity contribution in [1.29, 1.82) is 0 Å². The molecule has 164 valence electrons. The fraction of sp³-hybridized carbons (Fsp3) is 0.125. The lowest BCUT2D eigenvalue weighted by atomic mass is 10.1. The van der Waals surface area contributed by atoms with Crippen LogP contribution in [0.5, 0.6) is 17.2 Å². The van der Waals surface area contributed by atoms with Crippen molar-refractivity contribution in [3.05, 3.63) is 82.9 Å². The molecule has 0 fully saturated rings. The fourth-order valence-corrected chi connectivity index (χ4v) is 2.95. The normalized spacial score (nSPS) is 10.6. The van der Waals surface area contributed by atoms with Gasteiger partial charge in [-0.3, -0.25) is 9.59 Å². The number of carbonyl (C=O) groups is 2. The van der Waals surface area contributed by atoms with E-state index in [2.05, 4.69) is 15.8 Å². The van der Waals surface area contributed by atoms with Crippen molar-refractivity contribution in [3.8, 4) is 17.2 Å². The van der Waals surface area contributed by atoms with Gasteiger partial charge < -0.3 is 19.9 Å². The zero-order valence-corrected chi connectivity index (χ0v) is 17.9. The third-order valence-corrected chi connectivity index (χ3v) is 4.68. The van der Waals surface area contributed by atoms with Gasteiger partial charge in [0.1, 0.15) is 0 Å². The molecule has 3 aromatic rings. The van der Waals surface area contributed by atoms with E-state index < -0.39 is 5.91 Å². The maximum absolute atomic E-state index is 12.4. The zero-order valence-electron chi connectivity index (χ0n) is 17.9. The number of rotatable bonds is 7. The maximum atomic E-state index is 12.4. The molecule has 0 unspecified atom stereocenters. The van der Waals surface area contributed by atoms with Gasteiger partial charge in [-0.1, -0.05) is 18.2 Å². The lowest BCUT2D eigenvalue weighted by molar-refractivity contribution is 0.0954. The van der Waals surface area contributed by atoms with Crippen LogP contribution < -0.4 is 20.2 Å². The van der Waals surface area contributed by atoms with Crippen LogP contribution in [-0.2, 0) is 0 Å². The summed E-state index contributed by atoms with van der Waals surface area (Å²) in [5.41, 5.74) is 5.40. The van der Waals surface area contributed by atoms with E-state index >= 15 is 0 Å².